The van der Waals surface area contributed by atoms with E-state index >= 15 is 0 Å². The number of hydrogen-bond acceptors (Lipinski definition) is 15. The number of carbonyl (C=O) groups is 4. The van der Waals surface area contributed by atoms with Gasteiger partial charge in [-0.25, -0.2) is 9.13 Å². The maximum atomic E-state index is 13.0. The van der Waals surface area contributed by atoms with Gasteiger partial charge in [0, 0.05) is 25.7 Å². The van der Waals surface area contributed by atoms with Gasteiger partial charge in [0.25, 0.3) is 0 Å². The molecule has 0 aromatic carbocycles. The molecule has 0 fully saturated rings. The number of rotatable bonds is 64. The lowest BCUT2D eigenvalue weighted by atomic mass is 10.0. The molecule has 0 rings (SSSR count). The van der Waals surface area contributed by atoms with Crippen molar-refractivity contribution in [2.24, 2.45) is 0 Å². The van der Waals surface area contributed by atoms with Crippen LogP contribution in [-0.2, 0) is 65.4 Å². The van der Waals surface area contributed by atoms with E-state index in [9.17, 15) is 43.2 Å². The van der Waals surface area contributed by atoms with Crippen molar-refractivity contribution in [1.29, 1.82) is 0 Å². The van der Waals surface area contributed by atoms with Gasteiger partial charge in [0.2, 0.25) is 0 Å². The number of ether oxygens (including phenoxy) is 4. The van der Waals surface area contributed by atoms with Gasteiger partial charge in [-0.1, -0.05) is 272 Å². The Labute approximate surface area is 498 Å². The Morgan fingerprint density at radius 2 is 0.488 bits per heavy atom. The predicted molar refractivity (Wildman–Crippen MR) is 326 cm³/mol. The highest BCUT2D eigenvalue weighted by Gasteiger charge is 2.30. The summed E-state index contributed by atoms with van der Waals surface area (Å²) in [5, 5.41) is 10.5. The minimum atomic E-state index is -4.94. The Hall–Kier alpha value is -1.94. The summed E-state index contributed by atoms with van der Waals surface area (Å²) >= 11 is 0. The molecule has 5 atom stereocenters. The molecule has 0 aromatic heterocycles. The fourth-order valence-electron chi connectivity index (χ4n) is 9.46. The van der Waals surface area contributed by atoms with Crippen LogP contribution in [0.3, 0.4) is 0 Å². The maximum Gasteiger partial charge on any atom is 0.472 e. The monoisotopic (exact) mass is 1210 g/mol. The van der Waals surface area contributed by atoms with Gasteiger partial charge in [-0.2, -0.15) is 0 Å². The van der Waals surface area contributed by atoms with Gasteiger partial charge < -0.3 is 33.8 Å². The van der Waals surface area contributed by atoms with Gasteiger partial charge in [-0.15, -0.1) is 0 Å². The zero-order valence-corrected chi connectivity index (χ0v) is 54.2. The fraction of sp³-hybridized carbons (Fsp3) is 0.937. The highest BCUT2D eigenvalue weighted by molar-refractivity contribution is 7.47. The SMILES string of the molecule is CCCCCCCCCCCCCCCCCC(=O)O[C@H](COC(=O)CCCCCCCCCCCCC)COP(=O)(O)OC[C@@H](O)COP(=O)(O)OC[C@@H](COC(=O)CCCCCCCCCC)OC(=O)CCCCCCCCCC. The average molecular weight is 1210 g/mol. The Balaban J connectivity index is 5.19. The molecule has 0 aromatic rings. The van der Waals surface area contributed by atoms with E-state index in [0.717, 1.165) is 103 Å². The Morgan fingerprint density at radius 3 is 0.720 bits per heavy atom. The van der Waals surface area contributed by atoms with E-state index in [1.807, 2.05) is 0 Å². The van der Waals surface area contributed by atoms with E-state index in [0.29, 0.717) is 25.7 Å². The van der Waals surface area contributed by atoms with E-state index < -0.39 is 97.5 Å². The zero-order chi connectivity index (χ0) is 60.5. The highest BCUT2D eigenvalue weighted by Crippen LogP contribution is 2.45. The van der Waals surface area contributed by atoms with Gasteiger partial charge in [0.1, 0.15) is 19.3 Å². The number of hydrogen-bond donors (Lipinski definition) is 3. The summed E-state index contributed by atoms with van der Waals surface area (Å²) in [6.07, 6.45) is 43.1. The minimum Gasteiger partial charge on any atom is -0.462 e. The van der Waals surface area contributed by atoms with Gasteiger partial charge >= 0.3 is 39.5 Å². The molecule has 0 bridgehead atoms. The number of aliphatic hydroxyl groups is 1. The van der Waals surface area contributed by atoms with Crippen LogP contribution in [0, 0.1) is 0 Å². The first-order valence-electron chi connectivity index (χ1n) is 33.3. The Kier molecular flexibility index (Phi) is 56.7. The summed E-state index contributed by atoms with van der Waals surface area (Å²) in [6, 6.07) is 0. The van der Waals surface area contributed by atoms with E-state index in [1.165, 1.54) is 141 Å². The van der Waals surface area contributed by atoms with Crippen molar-refractivity contribution in [3.05, 3.63) is 0 Å². The summed E-state index contributed by atoms with van der Waals surface area (Å²) in [6.45, 7) is 4.84. The third-order valence-electron chi connectivity index (χ3n) is 14.6. The first-order chi connectivity index (χ1) is 39.7. The molecule has 486 valence electrons. The smallest absolute Gasteiger partial charge is 0.462 e. The number of phosphoric acid groups is 2. The molecule has 0 aliphatic rings. The van der Waals surface area contributed by atoms with Crippen LogP contribution >= 0.6 is 15.6 Å². The Bertz CT molecular complexity index is 1590. The molecule has 0 amide bonds. The second-order valence-corrected chi connectivity index (χ2v) is 25.7. The molecular weight excluding hydrogens is 1090 g/mol. The van der Waals surface area contributed by atoms with E-state index in [4.69, 9.17) is 37.0 Å². The Morgan fingerprint density at radius 1 is 0.293 bits per heavy atom. The summed E-state index contributed by atoms with van der Waals surface area (Å²) in [7, 11) is -9.88. The third-order valence-corrected chi connectivity index (χ3v) is 16.5. The molecule has 2 unspecified atom stereocenters. The van der Waals surface area contributed by atoms with Gasteiger partial charge in [0.15, 0.2) is 12.2 Å². The first kappa shape index (κ1) is 80.1. The quantitative estimate of drug-likeness (QED) is 0.0222. The lowest BCUT2D eigenvalue weighted by molar-refractivity contribution is -0.161. The van der Waals surface area contributed by atoms with Gasteiger partial charge in [-0.05, 0) is 25.7 Å². The summed E-state index contributed by atoms with van der Waals surface area (Å²) in [5.74, 6) is -2.14. The molecule has 19 heteroatoms. The summed E-state index contributed by atoms with van der Waals surface area (Å²) < 4.78 is 67.8. The lowest BCUT2D eigenvalue weighted by Crippen LogP contribution is -2.30. The number of unbranched alkanes of at least 4 members (excludes halogenated alkanes) is 38. The number of carbonyl (C=O) groups excluding carboxylic acids is 4. The van der Waals surface area contributed by atoms with Crippen molar-refractivity contribution in [2.45, 2.75) is 341 Å². The topological polar surface area (TPSA) is 237 Å². The molecule has 0 heterocycles. The molecule has 0 spiro atoms. The van der Waals surface area contributed by atoms with E-state index in [-0.39, 0.29) is 25.7 Å². The molecule has 0 saturated heterocycles. The minimum absolute atomic E-state index is 0.105. The lowest BCUT2D eigenvalue weighted by Gasteiger charge is -2.21. The van der Waals surface area contributed by atoms with Crippen molar-refractivity contribution < 1.29 is 80.2 Å². The largest absolute Gasteiger partial charge is 0.472 e. The molecule has 0 radical (unpaired) electrons. The maximum absolute atomic E-state index is 13.0. The zero-order valence-electron chi connectivity index (χ0n) is 52.5. The molecule has 3 N–H and O–H groups in total. The normalized spacial score (nSPS) is 14.2. The van der Waals surface area contributed by atoms with Crippen molar-refractivity contribution in [3.8, 4) is 0 Å². The van der Waals surface area contributed by atoms with Crippen molar-refractivity contribution >= 4 is 39.5 Å². The highest BCUT2D eigenvalue weighted by atomic mass is 31.2. The van der Waals surface area contributed by atoms with Crippen molar-refractivity contribution in [1.82, 2.24) is 0 Å². The van der Waals surface area contributed by atoms with E-state index in [1.54, 1.807) is 0 Å². The molecule has 0 saturated carbocycles. The summed E-state index contributed by atoms with van der Waals surface area (Å²) in [5.41, 5.74) is 0. The van der Waals surface area contributed by atoms with Gasteiger partial charge in [0.05, 0.1) is 26.4 Å². The molecule has 17 nitrogen and oxygen atoms in total. The molecule has 82 heavy (non-hydrogen) atoms. The van der Waals surface area contributed by atoms with Crippen molar-refractivity contribution in [2.75, 3.05) is 39.6 Å². The third kappa shape index (κ3) is 57.2. The second kappa shape index (κ2) is 58.1. The van der Waals surface area contributed by atoms with Crippen molar-refractivity contribution in [3.63, 3.8) is 0 Å². The molecular formula is C63H122O17P2. The number of esters is 4. The predicted octanol–water partition coefficient (Wildman–Crippen LogP) is 17.5. The van der Waals surface area contributed by atoms with Crippen LogP contribution in [0.25, 0.3) is 0 Å². The first-order valence-corrected chi connectivity index (χ1v) is 36.3. The standard InChI is InChI=1S/C63H122O17P2/c1-5-9-13-17-21-25-27-28-29-30-32-34-38-42-46-50-63(68)80-59(54-74-61(66)48-44-40-37-33-31-26-22-18-14-10-6-2)56-78-82(71,72)76-52-57(64)51-75-81(69,70)77-55-58(79-62(67)49-45-41-36-24-20-16-12-8-4)53-73-60(65)47-43-39-35-23-19-15-11-7-3/h57-59,64H,5-56H2,1-4H3,(H,69,70)(H,71,72)/t57-,58+,59+/m0/s1. The van der Waals surface area contributed by atoms with Crippen LogP contribution in [0.1, 0.15) is 323 Å². The number of phosphoric ester groups is 2. The van der Waals surface area contributed by atoms with E-state index in [2.05, 4.69) is 27.7 Å². The van der Waals surface area contributed by atoms with Crippen LogP contribution in [-0.4, -0.2) is 96.7 Å². The van der Waals surface area contributed by atoms with Crippen LogP contribution in [0.4, 0.5) is 0 Å². The van der Waals surface area contributed by atoms with Crippen LogP contribution in [0.2, 0.25) is 0 Å². The van der Waals surface area contributed by atoms with Crippen LogP contribution in [0.5, 0.6) is 0 Å². The van der Waals surface area contributed by atoms with Crippen LogP contribution in [0.15, 0.2) is 0 Å². The van der Waals surface area contributed by atoms with Gasteiger partial charge in [-0.3, -0.25) is 37.3 Å². The number of aliphatic hydroxyl groups excluding tert-OH is 1. The fourth-order valence-corrected chi connectivity index (χ4v) is 11.0. The van der Waals surface area contributed by atoms with Crippen LogP contribution < -0.4 is 0 Å². The molecule has 0 aliphatic carbocycles. The summed E-state index contributed by atoms with van der Waals surface area (Å²) in [4.78, 5) is 72.0. The molecule has 0 aliphatic heterocycles. The average Bonchev–Trinajstić information content (AvgIpc) is 3.47. The second-order valence-electron chi connectivity index (χ2n) is 22.8.